The van der Waals surface area contributed by atoms with Gasteiger partial charge in [-0.05, 0) is 48.7 Å². The zero-order valence-corrected chi connectivity index (χ0v) is 9.74. The molecule has 2 aromatic carbocycles. The summed E-state index contributed by atoms with van der Waals surface area (Å²) in [7, 11) is 0. The van der Waals surface area contributed by atoms with Crippen molar-refractivity contribution in [1.82, 2.24) is 0 Å². The van der Waals surface area contributed by atoms with Gasteiger partial charge in [0.1, 0.15) is 0 Å². The molecule has 0 fully saturated rings. The number of aryl methyl sites for hydroxylation is 1. The van der Waals surface area contributed by atoms with Crippen LogP contribution < -0.4 is 10.6 Å². The number of benzene rings is 2. The molecular weight excluding hydrogens is 208 g/mol. The van der Waals surface area contributed by atoms with Crippen LogP contribution in [0, 0.1) is 0 Å². The predicted molar refractivity (Wildman–Crippen MR) is 73.0 cm³/mol. The summed E-state index contributed by atoms with van der Waals surface area (Å²) in [5.74, 6) is 0. The topological polar surface area (TPSA) is 24.1 Å². The van der Waals surface area contributed by atoms with Crippen molar-refractivity contribution >= 4 is 17.1 Å². The summed E-state index contributed by atoms with van der Waals surface area (Å²) in [4.78, 5) is 0. The van der Waals surface area contributed by atoms with Crippen LogP contribution in [-0.4, -0.2) is 6.54 Å². The highest BCUT2D eigenvalue weighted by atomic mass is 14.9. The molecule has 1 heterocycles. The Morgan fingerprint density at radius 3 is 2.71 bits per heavy atom. The maximum absolute atomic E-state index is 3.43. The molecule has 0 bridgehead atoms. The van der Waals surface area contributed by atoms with Crippen LogP contribution in [-0.2, 0) is 6.42 Å². The van der Waals surface area contributed by atoms with E-state index in [1.807, 2.05) is 18.2 Å². The second-order valence-corrected chi connectivity index (χ2v) is 4.39. The molecule has 0 radical (unpaired) electrons. The molecule has 0 saturated carbocycles. The highest BCUT2D eigenvalue weighted by molar-refractivity contribution is 5.66. The molecular formula is C15H16N2. The van der Waals surface area contributed by atoms with Crippen molar-refractivity contribution in [2.75, 3.05) is 17.2 Å². The van der Waals surface area contributed by atoms with Gasteiger partial charge in [-0.3, -0.25) is 0 Å². The van der Waals surface area contributed by atoms with Crippen LogP contribution in [0.1, 0.15) is 12.0 Å². The van der Waals surface area contributed by atoms with Crippen molar-refractivity contribution in [2.45, 2.75) is 12.8 Å². The fourth-order valence-electron chi connectivity index (χ4n) is 2.24. The fourth-order valence-corrected chi connectivity index (χ4v) is 2.24. The van der Waals surface area contributed by atoms with E-state index >= 15 is 0 Å². The largest absolute Gasteiger partial charge is 0.385 e. The van der Waals surface area contributed by atoms with Gasteiger partial charge in [0.2, 0.25) is 0 Å². The second-order valence-electron chi connectivity index (χ2n) is 4.39. The van der Waals surface area contributed by atoms with Crippen molar-refractivity contribution in [3.63, 3.8) is 0 Å². The molecule has 86 valence electrons. The minimum Gasteiger partial charge on any atom is -0.385 e. The highest BCUT2D eigenvalue weighted by Crippen LogP contribution is 2.26. The third-order valence-electron chi connectivity index (χ3n) is 3.11. The summed E-state index contributed by atoms with van der Waals surface area (Å²) >= 11 is 0. The number of hydrogen-bond acceptors (Lipinski definition) is 2. The lowest BCUT2D eigenvalue weighted by molar-refractivity contribution is 0.831. The predicted octanol–water partition coefficient (Wildman–Crippen LogP) is 3.79. The third-order valence-corrected chi connectivity index (χ3v) is 3.11. The molecule has 2 N–H and O–H groups in total. The van der Waals surface area contributed by atoms with Crippen molar-refractivity contribution < 1.29 is 0 Å². The average molecular weight is 224 g/mol. The normalized spacial score (nSPS) is 13.6. The molecule has 1 aliphatic rings. The van der Waals surface area contributed by atoms with E-state index in [1.165, 1.54) is 29.8 Å². The summed E-state index contributed by atoms with van der Waals surface area (Å²) in [5.41, 5.74) is 5.00. The van der Waals surface area contributed by atoms with E-state index in [2.05, 4.69) is 41.0 Å². The number of nitrogens with one attached hydrogen (secondary N) is 2. The van der Waals surface area contributed by atoms with Crippen LogP contribution in [0.15, 0.2) is 48.5 Å². The summed E-state index contributed by atoms with van der Waals surface area (Å²) in [6.07, 6.45) is 2.40. The monoisotopic (exact) mass is 224 g/mol. The Kier molecular flexibility index (Phi) is 2.70. The minimum atomic E-state index is 1.10. The summed E-state index contributed by atoms with van der Waals surface area (Å²) in [6.45, 7) is 1.10. The lowest BCUT2D eigenvalue weighted by Gasteiger charge is -2.19. The Balaban J connectivity index is 1.84. The number of hydrogen-bond donors (Lipinski definition) is 2. The molecule has 0 spiro atoms. The highest BCUT2D eigenvalue weighted by Gasteiger charge is 2.08. The molecule has 0 aliphatic carbocycles. The summed E-state index contributed by atoms with van der Waals surface area (Å²) in [5, 5.41) is 6.85. The third kappa shape index (κ3) is 2.26. The Hall–Kier alpha value is -1.96. The zero-order chi connectivity index (χ0) is 11.5. The van der Waals surface area contributed by atoms with Gasteiger partial charge in [0.25, 0.3) is 0 Å². The molecule has 2 heteroatoms. The van der Waals surface area contributed by atoms with Crippen LogP contribution >= 0.6 is 0 Å². The quantitative estimate of drug-likeness (QED) is 0.811. The Bertz CT molecular complexity index is 506. The summed E-state index contributed by atoms with van der Waals surface area (Å²) < 4.78 is 0. The Morgan fingerprint density at radius 2 is 1.82 bits per heavy atom. The van der Waals surface area contributed by atoms with Gasteiger partial charge in [0.15, 0.2) is 0 Å². The van der Waals surface area contributed by atoms with Crippen molar-refractivity contribution in [2.24, 2.45) is 0 Å². The van der Waals surface area contributed by atoms with Crippen LogP contribution in [0.25, 0.3) is 0 Å². The minimum absolute atomic E-state index is 1.10. The lowest BCUT2D eigenvalue weighted by atomic mass is 10.0. The van der Waals surface area contributed by atoms with Gasteiger partial charge in [-0.2, -0.15) is 0 Å². The van der Waals surface area contributed by atoms with Crippen LogP contribution in [0.3, 0.4) is 0 Å². The maximum Gasteiger partial charge on any atom is 0.0388 e. The van der Waals surface area contributed by atoms with E-state index in [1.54, 1.807) is 0 Å². The first-order valence-electron chi connectivity index (χ1n) is 6.11. The SMILES string of the molecule is c1ccc(Nc2ccc3c(c2)CCCN3)cc1. The zero-order valence-electron chi connectivity index (χ0n) is 9.74. The van der Waals surface area contributed by atoms with Gasteiger partial charge in [0.05, 0.1) is 0 Å². The molecule has 3 rings (SSSR count). The van der Waals surface area contributed by atoms with Crippen LogP contribution in [0.5, 0.6) is 0 Å². The first-order valence-corrected chi connectivity index (χ1v) is 6.11. The van der Waals surface area contributed by atoms with Gasteiger partial charge in [-0.25, -0.2) is 0 Å². The average Bonchev–Trinajstić information content (AvgIpc) is 2.40. The first kappa shape index (κ1) is 10.2. The molecule has 0 saturated heterocycles. The molecule has 1 aliphatic heterocycles. The number of para-hydroxylation sites is 1. The number of fused-ring (bicyclic) bond motifs is 1. The second kappa shape index (κ2) is 4.50. The number of anilines is 3. The lowest BCUT2D eigenvalue weighted by Crippen LogP contribution is -2.11. The van der Waals surface area contributed by atoms with Gasteiger partial charge in [-0.1, -0.05) is 18.2 Å². The number of rotatable bonds is 2. The molecule has 0 unspecified atom stereocenters. The molecule has 0 aromatic heterocycles. The van der Waals surface area contributed by atoms with Crippen molar-refractivity contribution in [3.05, 3.63) is 54.1 Å². The van der Waals surface area contributed by atoms with E-state index in [4.69, 9.17) is 0 Å². The van der Waals surface area contributed by atoms with Gasteiger partial charge in [0, 0.05) is 23.6 Å². The van der Waals surface area contributed by atoms with E-state index < -0.39 is 0 Å². The van der Waals surface area contributed by atoms with E-state index in [0.29, 0.717) is 0 Å². The van der Waals surface area contributed by atoms with Crippen LogP contribution in [0.2, 0.25) is 0 Å². The standard InChI is InChI=1S/C15H16N2/c1-2-6-13(7-3-1)17-14-8-9-15-12(11-14)5-4-10-16-15/h1-3,6-9,11,16-17H,4-5,10H2. The van der Waals surface area contributed by atoms with Gasteiger partial charge >= 0.3 is 0 Å². The van der Waals surface area contributed by atoms with Crippen LogP contribution in [0.4, 0.5) is 17.1 Å². The smallest absolute Gasteiger partial charge is 0.0388 e. The first-order chi connectivity index (χ1) is 8.42. The van der Waals surface area contributed by atoms with Crippen molar-refractivity contribution in [1.29, 1.82) is 0 Å². The summed E-state index contributed by atoms with van der Waals surface area (Å²) in [6, 6.07) is 16.8. The Morgan fingerprint density at radius 1 is 0.941 bits per heavy atom. The molecule has 2 aromatic rings. The molecule has 0 atom stereocenters. The van der Waals surface area contributed by atoms with Gasteiger partial charge in [-0.15, -0.1) is 0 Å². The fraction of sp³-hybridized carbons (Fsp3) is 0.200. The molecule has 0 amide bonds. The van der Waals surface area contributed by atoms with Gasteiger partial charge < -0.3 is 10.6 Å². The molecule has 17 heavy (non-hydrogen) atoms. The Labute approximate surface area is 102 Å². The maximum atomic E-state index is 3.43. The van der Waals surface area contributed by atoms with Crippen molar-refractivity contribution in [3.8, 4) is 0 Å². The van der Waals surface area contributed by atoms with E-state index in [9.17, 15) is 0 Å². The molecule has 2 nitrogen and oxygen atoms in total. The van der Waals surface area contributed by atoms with E-state index in [0.717, 1.165) is 12.2 Å². The van der Waals surface area contributed by atoms with E-state index in [-0.39, 0.29) is 0 Å².